The summed E-state index contributed by atoms with van der Waals surface area (Å²) in [6.45, 7) is 5.30. The van der Waals surface area contributed by atoms with E-state index in [2.05, 4.69) is 4.72 Å². The van der Waals surface area contributed by atoms with Gasteiger partial charge in [0.2, 0.25) is 10.0 Å². The normalized spacial score (nSPS) is 11.5. The van der Waals surface area contributed by atoms with Crippen LogP contribution in [0.1, 0.15) is 12.5 Å². The van der Waals surface area contributed by atoms with Gasteiger partial charge in [-0.1, -0.05) is 12.1 Å². The lowest BCUT2D eigenvalue weighted by Crippen LogP contribution is -2.35. The Balaban J connectivity index is 2.02. The molecule has 0 fully saturated rings. The van der Waals surface area contributed by atoms with Crippen molar-refractivity contribution >= 4 is 15.7 Å². The van der Waals surface area contributed by atoms with E-state index in [1.165, 1.54) is 0 Å². The Labute approximate surface area is 141 Å². The van der Waals surface area contributed by atoms with Crippen molar-refractivity contribution in [3.8, 4) is 0 Å². The minimum Gasteiger partial charge on any atom is -0.370 e. The number of sulfonamides is 1. The van der Waals surface area contributed by atoms with Crippen molar-refractivity contribution in [1.29, 1.82) is 0 Å². The van der Waals surface area contributed by atoms with Gasteiger partial charge in [0.25, 0.3) is 0 Å². The van der Waals surface area contributed by atoms with Gasteiger partial charge < -0.3 is 4.90 Å². The smallest absolute Gasteiger partial charge is 0.240 e. The van der Waals surface area contributed by atoms with Gasteiger partial charge in [0.15, 0.2) is 11.6 Å². The highest BCUT2D eigenvalue weighted by atomic mass is 32.2. The number of nitrogens with zero attached hydrogens (tertiary/aromatic N) is 1. The molecule has 2 rings (SSSR count). The Hall–Kier alpha value is -1.99. The zero-order chi connectivity index (χ0) is 17.7. The Morgan fingerprint density at radius 1 is 1.08 bits per heavy atom. The molecule has 0 aliphatic heterocycles. The van der Waals surface area contributed by atoms with Crippen LogP contribution in [0.15, 0.2) is 47.4 Å². The molecular weight excluding hydrogens is 334 g/mol. The Morgan fingerprint density at radius 3 is 2.46 bits per heavy atom. The molecule has 0 amide bonds. The molecule has 0 bridgehead atoms. The van der Waals surface area contributed by atoms with Gasteiger partial charge in [0.1, 0.15) is 0 Å². The van der Waals surface area contributed by atoms with Gasteiger partial charge in [0, 0.05) is 25.3 Å². The molecule has 4 nitrogen and oxygen atoms in total. The maximum atomic E-state index is 13.2. The average molecular weight is 354 g/mol. The number of anilines is 1. The van der Waals surface area contributed by atoms with Gasteiger partial charge in [-0.2, -0.15) is 0 Å². The van der Waals surface area contributed by atoms with E-state index in [0.717, 1.165) is 29.9 Å². The molecule has 0 radical (unpaired) electrons. The molecular formula is C17H20F2N2O2S. The van der Waals surface area contributed by atoms with Crippen LogP contribution in [0.2, 0.25) is 0 Å². The zero-order valence-corrected chi connectivity index (χ0v) is 14.4. The van der Waals surface area contributed by atoms with E-state index < -0.39 is 21.7 Å². The molecule has 7 heteroatoms. The SMILES string of the molecule is CCN(CCNS(=O)(=O)c1ccc(F)c(F)c1)c1cccc(C)c1. The summed E-state index contributed by atoms with van der Waals surface area (Å²) in [5, 5.41) is 0. The Bertz CT molecular complexity index is 810. The molecule has 0 saturated heterocycles. The molecule has 0 unspecified atom stereocenters. The van der Waals surface area contributed by atoms with Gasteiger partial charge in [-0.15, -0.1) is 0 Å². The van der Waals surface area contributed by atoms with Crippen LogP contribution in [0.3, 0.4) is 0 Å². The molecule has 2 aromatic rings. The predicted octanol–water partition coefficient (Wildman–Crippen LogP) is 3.08. The number of benzene rings is 2. The molecule has 24 heavy (non-hydrogen) atoms. The van der Waals surface area contributed by atoms with E-state index in [0.29, 0.717) is 12.6 Å². The molecule has 0 aliphatic carbocycles. The summed E-state index contributed by atoms with van der Waals surface area (Å²) in [4.78, 5) is 1.74. The fourth-order valence-corrected chi connectivity index (χ4v) is 3.37. The van der Waals surface area contributed by atoms with Gasteiger partial charge in [-0.25, -0.2) is 21.9 Å². The quantitative estimate of drug-likeness (QED) is 0.831. The van der Waals surface area contributed by atoms with Crippen molar-refractivity contribution in [2.75, 3.05) is 24.5 Å². The third-order valence-electron chi connectivity index (χ3n) is 3.62. The highest BCUT2D eigenvalue weighted by Gasteiger charge is 2.16. The van der Waals surface area contributed by atoms with E-state index in [9.17, 15) is 17.2 Å². The topological polar surface area (TPSA) is 49.4 Å². The molecule has 0 spiro atoms. The third-order valence-corrected chi connectivity index (χ3v) is 5.08. The maximum Gasteiger partial charge on any atom is 0.240 e. The number of likely N-dealkylation sites (N-methyl/N-ethyl adjacent to an activating group) is 1. The van der Waals surface area contributed by atoms with Crippen LogP contribution >= 0.6 is 0 Å². The van der Waals surface area contributed by atoms with Crippen LogP contribution in [-0.2, 0) is 10.0 Å². The molecule has 2 aromatic carbocycles. The van der Waals surface area contributed by atoms with Crippen molar-refractivity contribution in [2.45, 2.75) is 18.7 Å². The number of halogens is 2. The number of nitrogens with one attached hydrogen (secondary N) is 1. The van der Waals surface area contributed by atoms with Crippen LogP contribution < -0.4 is 9.62 Å². The zero-order valence-electron chi connectivity index (χ0n) is 13.6. The molecule has 0 aromatic heterocycles. The first-order chi connectivity index (χ1) is 11.3. The molecule has 0 heterocycles. The van der Waals surface area contributed by atoms with Crippen LogP contribution in [0.5, 0.6) is 0 Å². The predicted molar refractivity (Wildman–Crippen MR) is 90.6 cm³/mol. The summed E-state index contributed by atoms with van der Waals surface area (Å²) >= 11 is 0. The molecule has 1 N–H and O–H groups in total. The molecule has 0 atom stereocenters. The van der Waals surface area contributed by atoms with Crippen LogP contribution in [0.25, 0.3) is 0 Å². The van der Waals surface area contributed by atoms with Crippen LogP contribution in [-0.4, -0.2) is 28.1 Å². The minimum atomic E-state index is -3.88. The second-order valence-electron chi connectivity index (χ2n) is 5.39. The van der Waals surface area contributed by atoms with Gasteiger partial charge in [-0.3, -0.25) is 0 Å². The van der Waals surface area contributed by atoms with E-state index in [1.807, 2.05) is 43.0 Å². The first kappa shape index (κ1) is 18.4. The summed E-state index contributed by atoms with van der Waals surface area (Å²) in [6.07, 6.45) is 0. The van der Waals surface area contributed by atoms with E-state index >= 15 is 0 Å². The van der Waals surface area contributed by atoms with E-state index in [1.54, 1.807) is 0 Å². The summed E-state index contributed by atoms with van der Waals surface area (Å²) in [7, 11) is -3.88. The fraction of sp³-hybridized carbons (Fsp3) is 0.294. The number of rotatable bonds is 7. The molecule has 130 valence electrons. The second kappa shape index (κ2) is 7.72. The van der Waals surface area contributed by atoms with E-state index in [-0.39, 0.29) is 11.4 Å². The molecule has 0 aliphatic rings. The van der Waals surface area contributed by atoms with Crippen molar-refractivity contribution in [2.24, 2.45) is 0 Å². The lowest BCUT2D eigenvalue weighted by molar-refractivity contribution is 0.504. The number of hydrogen-bond donors (Lipinski definition) is 1. The number of hydrogen-bond acceptors (Lipinski definition) is 3. The minimum absolute atomic E-state index is 0.156. The third kappa shape index (κ3) is 4.52. The van der Waals surface area contributed by atoms with Crippen molar-refractivity contribution < 1.29 is 17.2 Å². The van der Waals surface area contributed by atoms with Gasteiger partial charge in [0.05, 0.1) is 4.90 Å². The lowest BCUT2D eigenvalue weighted by atomic mass is 10.2. The lowest BCUT2D eigenvalue weighted by Gasteiger charge is -2.23. The summed E-state index contributed by atoms with van der Waals surface area (Å²) in [6, 6.07) is 10.4. The first-order valence-corrected chi connectivity index (χ1v) is 9.08. The van der Waals surface area contributed by atoms with Gasteiger partial charge >= 0.3 is 0 Å². The van der Waals surface area contributed by atoms with Crippen molar-refractivity contribution in [3.63, 3.8) is 0 Å². The Kier molecular flexibility index (Phi) is 5.90. The highest BCUT2D eigenvalue weighted by molar-refractivity contribution is 7.89. The summed E-state index contributed by atoms with van der Waals surface area (Å²) < 4.78 is 52.8. The van der Waals surface area contributed by atoms with Crippen molar-refractivity contribution in [3.05, 3.63) is 59.7 Å². The summed E-state index contributed by atoms with van der Waals surface area (Å²) in [5.41, 5.74) is 2.12. The van der Waals surface area contributed by atoms with E-state index in [4.69, 9.17) is 0 Å². The number of aryl methyl sites for hydroxylation is 1. The summed E-state index contributed by atoms with van der Waals surface area (Å²) in [5.74, 6) is -2.27. The monoisotopic (exact) mass is 354 g/mol. The average Bonchev–Trinajstić information content (AvgIpc) is 2.54. The highest BCUT2D eigenvalue weighted by Crippen LogP contribution is 2.16. The first-order valence-electron chi connectivity index (χ1n) is 7.60. The largest absolute Gasteiger partial charge is 0.370 e. The fourth-order valence-electron chi connectivity index (χ4n) is 2.34. The van der Waals surface area contributed by atoms with Crippen LogP contribution in [0.4, 0.5) is 14.5 Å². The standard InChI is InChI=1S/C17H20F2N2O2S/c1-3-21(14-6-4-5-13(2)11-14)10-9-20-24(22,23)15-7-8-16(18)17(19)12-15/h4-8,11-12,20H,3,9-10H2,1-2H3. The second-order valence-corrected chi connectivity index (χ2v) is 7.16. The van der Waals surface area contributed by atoms with Gasteiger partial charge in [-0.05, 0) is 49.7 Å². The van der Waals surface area contributed by atoms with Crippen LogP contribution in [0, 0.1) is 18.6 Å². The van der Waals surface area contributed by atoms with Crippen molar-refractivity contribution in [1.82, 2.24) is 4.72 Å². The Morgan fingerprint density at radius 2 is 1.83 bits per heavy atom. The maximum absolute atomic E-state index is 13.2. The molecule has 0 saturated carbocycles.